The number of rotatable bonds is 4. The van der Waals surface area contributed by atoms with Crippen molar-refractivity contribution < 1.29 is 9.59 Å². The molecule has 1 saturated carbocycles. The molecule has 2 nitrogen and oxygen atoms in total. The smallest absolute Gasteiger partial charge is 0.146 e. The Bertz CT molecular complexity index is 255. The lowest BCUT2D eigenvalue weighted by molar-refractivity contribution is -0.148. The highest BCUT2D eigenvalue weighted by Crippen LogP contribution is 2.49. The third-order valence-electron chi connectivity index (χ3n) is 4.89. The Labute approximate surface area is 98.8 Å². The zero-order valence-electron chi connectivity index (χ0n) is 11.1. The van der Waals surface area contributed by atoms with Gasteiger partial charge in [-0.3, -0.25) is 9.59 Å². The summed E-state index contributed by atoms with van der Waals surface area (Å²) in [6.45, 7) is 8.31. The molecular weight excluding hydrogens is 200 g/mol. The summed E-state index contributed by atoms with van der Waals surface area (Å²) in [5.41, 5.74) is -0.445. The van der Waals surface area contributed by atoms with Crippen LogP contribution in [0.1, 0.15) is 66.2 Å². The molecule has 1 fully saturated rings. The average molecular weight is 224 g/mol. The van der Waals surface area contributed by atoms with Crippen molar-refractivity contribution in [2.24, 2.45) is 10.8 Å². The lowest BCUT2D eigenvalue weighted by Crippen LogP contribution is -2.47. The van der Waals surface area contributed by atoms with Gasteiger partial charge in [-0.2, -0.15) is 0 Å². The fraction of sp³-hybridized carbons (Fsp3) is 0.857. The van der Waals surface area contributed by atoms with Gasteiger partial charge in [0, 0.05) is 10.8 Å². The number of hydrogen-bond donors (Lipinski definition) is 0. The number of carbonyl (C=O) groups excluding carboxylic acids is 2. The molecule has 0 saturated heterocycles. The van der Waals surface area contributed by atoms with Gasteiger partial charge in [-0.1, -0.05) is 27.7 Å². The van der Waals surface area contributed by atoms with Crippen LogP contribution in [0.4, 0.5) is 0 Å². The molecule has 0 spiro atoms. The Kier molecular flexibility index (Phi) is 3.92. The number of Topliss-reactive ketones (excluding diaryl/α,β-unsaturated/α-hetero) is 2. The Morgan fingerprint density at radius 3 is 1.38 bits per heavy atom. The van der Waals surface area contributed by atoms with Gasteiger partial charge in [0.25, 0.3) is 0 Å². The van der Waals surface area contributed by atoms with Crippen LogP contribution in [0.15, 0.2) is 0 Å². The largest absolute Gasteiger partial charge is 0.299 e. The first kappa shape index (κ1) is 13.4. The quantitative estimate of drug-likeness (QED) is 0.684. The van der Waals surface area contributed by atoms with Gasteiger partial charge in [-0.05, 0) is 32.1 Å². The van der Waals surface area contributed by atoms with Gasteiger partial charge in [-0.15, -0.1) is 0 Å². The summed E-state index contributed by atoms with van der Waals surface area (Å²) >= 11 is 0. The number of ketones is 2. The van der Waals surface area contributed by atoms with Crippen molar-refractivity contribution in [3.63, 3.8) is 0 Å². The molecule has 1 aliphatic rings. The summed E-state index contributed by atoms with van der Waals surface area (Å²) in [7, 11) is 0. The predicted octanol–water partition coefficient (Wildman–Crippen LogP) is 3.53. The van der Waals surface area contributed by atoms with E-state index in [2.05, 4.69) is 27.7 Å². The maximum Gasteiger partial charge on any atom is 0.146 e. The zero-order chi connectivity index (χ0) is 12.4. The summed E-state index contributed by atoms with van der Waals surface area (Å²) in [5.74, 6) is 0.361. The predicted molar refractivity (Wildman–Crippen MR) is 65.3 cm³/mol. The first-order chi connectivity index (χ1) is 7.50. The van der Waals surface area contributed by atoms with Gasteiger partial charge in [0.05, 0.1) is 6.42 Å². The van der Waals surface area contributed by atoms with Crippen molar-refractivity contribution in [3.05, 3.63) is 0 Å². The lowest BCUT2D eigenvalue weighted by atomic mass is 9.57. The van der Waals surface area contributed by atoms with Crippen LogP contribution >= 0.6 is 0 Å². The first-order valence-corrected chi connectivity index (χ1v) is 6.57. The highest BCUT2D eigenvalue weighted by molar-refractivity contribution is 6.06. The second kappa shape index (κ2) is 4.68. The molecule has 0 aromatic rings. The van der Waals surface area contributed by atoms with Gasteiger partial charge < -0.3 is 0 Å². The average Bonchev–Trinajstić information content (AvgIpc) is 2.31. The zero-order valence-corrected chi connectivity index (χ0v) is 11.1. The van der Waals surface area contributed by atoms with E-state index in [1.165, 1.54) is 0 Å². The van der Waals surface area contributed by atoms with Crippen LogP contribution in [0, 0.1) is 10.8 Å². The van der Waals surface area contributed by atoms with E-state index in [1.54, 1.807) is 0 Å². The van der Waals surface area contributed by atoms with Crippen LogP contribution in [-0.4, -0.2) is 11.6 Å². The fourth-order valence-corrected chi connectivity index (χ4v) is 3.15. The normalized spacial score (nSPS) is 23.5. The molecule has 0 aliphatic heterocycles. The van der Waals surface area contributed by atoms with Crippen molar-refractivity contribution in [2.45, 2.75) is 66.2 Å². The second-order valence-electron chi connectivity index (χ2n) is 5.17. The molecule has 0 unspecified atom stereocenters. The minimum absolute atomic E-state index is 0.170. The van der Waals surface area contributed by atoms with Crippen molar-refractivity contribution >= 4 is 11.6 Å². The Morgan fingerprint density at radius 2 is 1.12 bits per heavy atom. The fourth-order valence-electron chi connectivity index (χ4n) is 3.15. The molecule has 0 aromatic heterocycles. The van der Waals surface area contributed by atoms with Gasteiger partial charge in [0.15, 0.2) is 0 Å². The summed E-state index contributed by atoms with van der Waals surface area (Å²) in [5, 5.41) is 0. The van der Waals surface area contributed by atoms with Crippen LogP contribution in [-0.2, 0) is 9.59 Å². The molecule has 0 atom stereocenters. The van der Waals surface area contributed by atoms with E-state index in [-0.39, 0.29) is 28.8 Å². The van der Waals surface area contributed by atoms with Crippen molar-refractivity contribution in [1.82, 2.24) is 0 Å². The molecule has 0 heterocycles. The van der Waals surface area contributed by atoms with E-state index < -0.39 is 0 Å². The van der Waals surface area contributed by atoms with E-state index in [0.717, 1.165) is 32.1 Å². The van der Waals surface area contributed by atoms with Gasteiger partial charge in [0.1, 0.15) is 11.6 Å². The molecular formula is C14H24O2. The van der Waals surface area contributed by atoms with Crippen LogP contribution < -0.4 is 0 Å². The van der Waals surface area contributed by atoms with Gasteiger partial charge in [-0.25, -0.2) is 0 Å². The summed E-state index contributed by atoms with van der Waals surface area (Å²) in [6.07, 6.45) is 4.43. The Hall–Kier alpha value is -0.660. The molecule has 0 N–H and O–H groups in total. The van der Waals surface area contributed by atoms with E-state index >= 15 is 0 Å². The Morgan fingerprint density at radius 1 is 0.812 bits per heavy atom. The molecule has 1 rings (SSSR count). The third kappa shape index (κ3) is 1.83. The third-order valence-corrected chi connectivity index (χ3v) is 4.89. The summed E-state index contributed by atoms with van der Waals surface area (Å²) < 4.78 is 0. The summed E-state index contributed by atoms with van der Waals surface area (Å²) in [4.78, 5) is 24.2. The highest BCUT2D eigenvalue weighted by atomic mass is 16.2. The molecule has 2 heteroatoms. The molecule has 0 amide bonds. The SMILES string of the molecule is CCC1(CC)CC(CC)(CC)C(=O)CC1=O. The molecule has 1 aliphatic carbocycles. The van der Waals surface area contributed by atoms with E-state index in [0.29, 0.717) is 0 Å². The molecule has 16 heavy (non-hydrogen) atoms. The number of carbonyl (C=O) groups is 2. The van der Waals surface area contributed by atoms with Gasteiger partial charge >= 0.3 is 0 Å². The maximum atomic E-state index is 12.1. The van der Waals surface area contributed by atoms with Crippen LogP contribution in [0.5, 0.6) is 0 Å². The summed E-state index contributed by atoms with van der Waals surface area (Å²) in [6, 6.07) is 0. The standard InChI is InChI=1S/C14H24O2/c1-5-13(6-2)10-14(7-3,8-4)12(16)9-11(13)15/h5-10H2,1-4H3. The number of hydrogen-bond acceptors (Lipinski definition) is 2. The first-order valence-electron chi connectivity index (χ1n) is 6.57. The van der Waals surface area contributed by atoms with Crippen LogP contribution in [0.2, 0.25) is 0 Å². The lowest BCUT2D eigenvalue weighted by Gasteiger charge is -2.44. The highest BCUT2D eigenvalue weighted by Gasteiger charge is 2.50. The topological polar surface area (TPSA) is 34.1 Å². The van der Waals surface area contributed by atoms with Crippen LogP contribution in [0.25, 0.3) is 0 Å². The maximum absolute atomic E-state index is 12.1. The molecule has 92 valence electrons. The molecule has 0 radical (unpaired) electrons. The monoisotopic (exact) mass is 224 g/mol. The molecule has 0 bridgehead atoms. The van der Waals surface area contributed by atoms with E-state index in [9.17, 15) is 9.59 Å². The van der Waals surface area contributed by atoms with E-state index in [4.69, 9.17) is 0 Å². The minimum Gasteiger partial charge on any atom is -0.299 e. The van der Waals surface area contributed by atoms with Gasteiger partial charge in [0.2, 0.25) is 0 Å². The van der Waals surface area contributed by atoms with E-state index in [1.807, 2.05) is 0 Å². The van der Waals surface area contributed by atoms with Crippen LogP contribution in [0.3, 0.4) is 0 Å². The van der Waals surface area contributed by atoms with Crippen molar-refractivity contribution in [1.29, 1.82) is 0 Å². The van der Waals surface area contributed by atoms with Crippen molar-refractivity contribution in [3.8, 4) is 0 Å². The van der Waals surface area contributed by atoms with Crippen molar-refractivity contribution in [2.75, 3.05) is 0 Å². The molecule has 0 aromatic carbocycles. The minimum atomic E-state index is -0.222. The Balaban J connectivity index is 3.09. The second-order valence-corrected chi connectivity index (χ2v) is 5.17.